The third kappa shape index (κ3) is 4.62. The summed E-state index contributed by atoms with van der Waals surface area (Å²) in [5.41, 5.74) is 8.72. The van der Waals surface area contributed by atoms with Gasteiger partial charge in [-0.2, -0.15) is 0 Å². The van der Waals surface area contributed by atoms with E-state index < -0.39 is 0 Å². The Bertz CT molecular complexity index is 1850. The van der Waals surface area contributed by atoms with Gasteiger partial charge in [-0.15, -0.1) is 0 Å². The molecule has 0 spiro atoms. The average Bonchev–Trinajstić information content (AvgIpc) is 3.01. The van der Waals surface area contributed by atoms with E-state index >= 15 is 0 Å². The first-order chi connectivity index (χ1) is 19.2. The smallest absolute Gasteiger partial charge is 0.164 e. The van der Waals surface area contributed by atoms with E-state index in [9.17, 15) is 0 Å². The first-order valence-electron chi connectivity index (χ1n) is 13.3. The lowest BCUT2D eigenvalue weighted by Gasteiger charge is -2.13. The molecule has 7 rings (SSSR count). The highest BCUT2D eigenvalue weighted by molar-refractivity contribution is 5.86. The molecule has 0 fully saturated rings. The van der Waals surface area contributed by atoms with Gasteiger partial charge in [0.25, 0.3) is 0 Å². The molecule has 186 valence electrons. The largest absolute Gasteiger partial charge is 0.261 e. The van der Waals surface area contributed by atoms with Crippen LogP contribution in [0, 0.1) is 6.92 Å². The van der Waals surface area contributed by atoms with Gasteiger partial charge in [-0.1, -0.05) is 91.0 Å². The minimum atomic E-state index is 0.657. The maximum absolute atomic E-state index is 4.97. The molecule has 1 aliphatic carbocycles. The zero-order valence-corrected chi connectivity index (χ0v) is 21.7. The van der Waals surface area contributed by atoms with Crippen LogP contribution in [0.15, 0.2) is 109 Å². The van der Waals surface area contributed by atoms with E-state index in [4.69, 9.17) is 15.0 Å². The molecule has 2 heterocycles. The van der Waals surface area contributed by atoms with E-state index in [0.717, 1.165) is 51.7 Å². The van der Waals surface area contributed by atoms with Gasteiger partial charge >= 0.3 is 0 Å². The van der Waals surface area contributed by atoms with Gasteiger partial charge in [-0.05, 0) is 65.4 Å². The topological polar surface area (TPSA) is 51.6 Å². The molecule has 0 radical (unpaired) electrons. The number of fused-ring (bicyclic) bond motifs is 2. The molecule has 4 nitrogen and oxygen atoms in total. The molecule has 0 aliphatic heterocycles. The number of aromatic nitrogens is 4. The molecule has 39 heavy (non-hydrogen) atoms. The van der Waals surface area contributed by atoms with E-state index in [1.54, 1.807) is 0 Å². The van der Waals surface area contributed by atoms with Crippen molar-refractivity contribution in [3.63, 3.8) is 0 Å². The van der Waals surface area contributed by atoms with E-state index in [2.05, 4.69) is 108 Å². The van der Waals surface area contributed by atoms with Crippen molar-refractivity contribution in [3.8, 4) is 45.3 Å². The van der Waals surface area contributed by atoms with Gasteiger partial charge in [0.15, 0.2) is 17.5 Å². The van der Waals surface area contributed by atoms with E-state index in [-0.39, 0.29) is 0 Å². The number of hydrogen-bond acceptors (Lipinski definition) is 4. The third-order valence-corrected chi connectivity index (χ3v) is 7.31. The highest BCUT2D eigenvalue weighted by atomic mass is 15.0. The number of rotatable bonds is 4. The summed E-state index contributed by atoms with van der Waals surface area (Å²) in [4.78, 5) is 19.3. The van der Waals surface area contributed by atoms with Gasteiger partial charge in [0.05, 0.1) is 0 Å². The Kier molecular flexibility index (Phi) is 5.78. The van der Waals surface area contributed by atoms with Crippen LogP contribution in [0.25, 0.3) is 62.1 Å². The Hall–Kier alpha value is -4.96. The Labute approximate surface area is 227 Å². The van der Waals surface area contributed by atoms with Gasteiger partial charge in [0.1, 0.15) is 0 Å². The molecule has 0 atom stereocenters. The lowest BCUT2D eigenvalue weighted by molar-refractivity contribution is 0.985. The van der Waals surface area contributed by atoms with Crippen molar-refractivity contribution in [2.24, 2.45) is 0 Å². The highest BCUT2D eigenvalue weighted by Gasteiger charge is 2.15. The van der Waals surface area contributed by atoms with Gasteiger partial charge in [0, 0.05) is 34.1 Å². The maximum atomic E-state index is 4.97. The fourth-order valence-corrected chi connectivity index (χ4v) is 5.11. The SMILES string of the molecule is Cc1ccc(-c2ccc(-c3nc(-c4ccc5c(c4)C=CCC5)nc(-c4ccc5ccccc5c4)n3)cc2)cn1. The molecule has 1 aliphatic rings. The summed E-state index contributed by atoms with van der Waals surface area (Å²) in [6.07, 6.45) is 8.50. The van der Waals surface area contributed by atoms with Gasteiger partial charge in [-0.25, -0.2) is 15.0 Å². The Morgan fingerprint density at radius 1 is 0.564 bits per heavy atom. The summed E-state index contributed by atoms with van der Waals surface area (Å²) in [6, 6.07) is 33.8. The van der Waals surface area contributed by atoms with E-state index in [0.29, 0.717) is 17.5 Å². The van der Waals surface area contributed by atoms with Crippen LogP contribution in [-0.4, -0.2) is 19.9 Å². The summed E-state index contributed by atoms with van der Waals surface area (Å²) in [5, 5.41) is 2.35. The number of allylic oxidation sites excluding steroid dienone is 1. The zero-order valence-electron chi connectivity index (χ0n) is 21.7. The van der Waals surface area contributed by atoms with Crippen LogP contribution in [0.1, 0.15) is 23.2 Å². The molecule has 0 N–H and O–H groups in total. The monoisotopic (exact) mass is 502 g/mol. The molecule has 0 bridgehead atoms. The van der Waals surface area contributed by atoms with Crippen LogP contribution >= 0.6 is 0 Å². The standard InChI is InChI=1S/C35H26N4/c1-23-10-11-32(22-36-23)26-12-16-27(17-13-26)33-37-34(30-18-14-24-6-2-4-8-28(24)20-30)39-35(38-33)31-19-15-25-7-3-5-9-29(25)21-31/h2,4-6,8-22H,3,7H2,1H3. The van der Waals surface area contributed by atoms with Crippen LogP contribution < -0.4 is 0 Å². The summed E-state index contributed by atoms with van der Waals surface area (Å²) < 4.78 is 0. The Balaban J connectivity index is 1.35. The summed E-state index contributed by atoms with van der Waals surface area (Å²) in [6.45, 7) is 2.00. The molecular weight excluding hydrogens is 476 g/mol. The number of pyridine rings is 1. The van der Waals surface area contributed by atoms with Crippen LogP contribution in [-0.2, 0) is 6.42 Å². The lowest BCUT2D eigenvalue weighted by atomic mass is 9.95. The second-order valence-electron chi connectivity index (χ2n) is 9.99. The number of benzene rings is 4. The Morgan fingerprint density at radius 3 is 1.97 bits per heavy atom. The van der Waals surface area contributed by atoms with E-state index in [1.807, 2.05) is 19.2 Å². The second-order valence-corrected chi connectivity index (χ2v) is 9.99. The van der Waals surface area contributed by atoms with Crippen molar-refractivity contribution < 1.29 is 0 Å². The van der Waals surface area contributed by atoms with Crippen molar-refractivity contribution in [2.75, 3.05) is 0 Å². The second kappa shape index (κ2) is 9.73. The molecule has 0 saturated carbocycles. The molecule has 0 unspecified atom stereocenters. The Morgan fingerprint density at radius 2 is 1.21 bits per heavy atom. The molecule has 0 amide bonds. The number of hydrogen-bond donors (Lipinski definition) is 0. The first kappa shape index (κ1) is 23.2. The van der Waals surface area contributed by atoms with Crippen molar-refractivity contribution in [1.29, 1.82) is 0 Å². The van der Waals surface area contributed by atoms with Crippen molar-refractivity contribution in [1.82, 2.24) is 19.9 Å². The predicted octanol–water partition coefficient (Wildman–Crippen LogP) is 8.36. The van der Waals surface area contributed by atoms with Crippen LogP contribution in [0.5, 0.6) is 0 Å². The minimum Gasteiger partial charge on any atom is -0.261 e. The van der Waals surface area contributed by atoms with Crippen molar-refractivity contribution in [3.05, 3.63) is 126 Å². The molecule has 6 aromatic rings. The summed E-state index contributed by atoms with van der Waals surface area (Å²) in [5.74, 6) is 2.00. The minimum absolute atomic E-state index is 0.657. The van der Waals surface area contributed by atoms with E-state index in [1.165, 1.54) is 16.5 Å². The zero-order chi connectivity index (χ0) is 26.2. The third-order valence-electron chi connectivity index (χ3n) is 7.31. The fraction of sp³-hybridized carbons (Fsp3) is 0.0857. The van der Waals surface area contributed by atoms with Gasteiger partial charge in [0.2, 0.25) is 0 Å². The molecule has 2 aromatic heterocycles. The van der Waals surface area contributed by atoms with Crippen LogP contribution in [0.2, 0.25) is 0 Å². The van der Waals surface area contributed by atoms with Crippen molar-refractivity contribution >= 4 is 16.8 Å². The lowest BCUT2D eigenvalue weighted by Crippen LogP contribution is -2.01. The summed E-state index contributed by atoms with van der Waals surface area (Å²) >= 11 is 0. The first-order valence-corrected chi connectivity index (χ1v) is 13.3. The van der Waals surface area contributed by atoms with Crippen LogP contribution in [0.3, 0.4) is 0 Å². The molecular formula is C35H26N4. The van der Waals surface area contributed by atoms with Crippen molar-refractivity contribution in [2.45, 2.75) is 19.8 Å². The molecule has 4 aromatic carbocycles. The van der Waals surface area contributed by atoms with Gasteiger partial charge in [-0.3, -0.25) is 4.98 Å². The molecule has 0 saturated heterocycles. The summed E-state index contributed by atoms with van der Waals surface area (Å²) in [7, 11) is 0. The average molecular weight is 503 g/mol. The maximum Gasteiger partial charge on any atom is 0.164 e. The normalized spacial score (nSPS) is 12.4. The number of nitrogens with zero attached hydrogens (tertiary/aromatic N) is 4. The van der Waals surface area contributed by atoms with Crippen LogP contribution in [0.4, 0.5) is 0 Å². The van der Waals surface area contributed by atoms with Gasteiger partial charge < -0.3 is 0 Å². The predicted molar refractivity (Wildman–Crippen MR) is 159 cm³/mol. The highest BCUT2D eigenvalue weighted by Crippen LogP contribution is 2.30. The fourth-order valence-electron chi connectivity index (χ4n) is 5.11. The molecule has 4 heteroatoms. The number of aryl methyl sites for hydroxylation is 2. The quantitative estimate of drug-likeness (QED) is 0.243.